The largest absolute Gasteiger partial charge is 0.468 e. The van der Waals surface area contributed by atoms with Crippen molar-refractivity contribution in [2.75, 3.05) is 0 Å². The number of nitrogens with zero attached hydrogens (tertiary/aromatic N) is 1. The summed E-state index contributed by atoms with van der Waals surface area (Å²) in [4.78, 5) is 4.59. The molecular formula is C21H29NO2. The van der Waals surface area contributed by atoms with Crippen molar-refractivity contribution in [3.63, 3.8) is 0 Å². The first kappa shape index (κ1) is 16.0. The van der Waals surface area contributed by atoms with E-state index >= 15 is 0 Å². The van der Waals surface area contributed by atoms with Crippen molar-refractivity contribution >= 4 is 0 Å². The van der Waals surface area contributed by atoms with Crippen LogP contribution in [0, 0.1) is 5.92 Å². The van der Waals surface area contributed by atoms with Crippen LogP contribution in [-0.2, 0) is 16.2 Å². The van der Waals surface area contributed by atoms with Gasteiger partial charge in [-0.1, -0.05) is 41.5 Å². The number of fused-ring (bicyclic) bond motifs is 2. The predicted octanol–water partition coefficient (Wildman–Crippen LogP) is 5.70. The van der Waals surface area contributed by atoms with Crippen LogP contribution in [0.25, 0.3) is 0 Å². The molecule has 0 fully saturated rings. The van der Waals surface area contributed by atoms with E-state index in [1.165, 1.54) is 17.0 Å². The molecule has 24 heavy (non-hydrogen) atoms. The smallest absolute Gasteiger partial charge is 0.181 e. The van der Waals surface area contributed by atoms with Crippen LogP contribution in [0.5, 0.6) is 0 Å². The Morgan fingerprint density at radius 3 is 2.62 bits per heavy atom. The SMILES string of the molecule is C[C@@H]1c2ocnc2[C@@](C)(CC[C@]2(C)CC(C)(C)c3ccoc32)[C@H]1C. The minimum absolute atomic E-state index is 0.0875. The van der Waals surface area contributed by atoms with Crippen molar-refractivity contribution in [2.45, 2.75) is 83.0 Å². The highest BCUT2D eigenvalue weighted by Gasteiger charge is 2.52. The second-order valence-corrected chi connectivity index (χ2v) is 9.34. The molecule has 3 nitrogen and oxygen atoms in total. The van der Waals surface area contributed by atoms with Crippen LogP contribution in [0.4, 0.5) is 0 Å². The first-order valence-corrected chi connectivity index (χ1v) is 9.21. The standard InChI is InChI=1S/C21H29NO2/c1-13-14(2)21(6,17-16(13)24-12-22-17)9-8-20(5)11-19(3,4)15-7-10-23-18(15)20/h7,10,12-14H,8-9,11H2,1-6H3/t13-,14-,20+,21-/m0/s1. The molecule has 2 aliphatic rings. The summed E-state index contributed by atoms with van der Waals surface area (Å²) in [5.74, 6) is 3.30. The maximum atomic E-state index is 5.94. The lowest BCUT2D eigenvalue weighted by Gasteiger charge is -2.35. The molecule has 0 spiro atoms. The average Bonchev–Trinajstić information content (AvgIpc) is 3.24. The Morgan fingerprint density at radius 1 is 1.12 bits per heavy atom. The molecule has 2 aliphatic carbocycles. The first-order chi connectivity index (χ1) is 11.2. The van der Waals surface area contributed by atoms with Crippen molar-refractivity contribution < 1.29 is 8.83 Å². The van der Waals surface area contributed by atoms with Crippen molar-refractivity contribution in [3.8, 4) is 0 Å². The molecule has 4 atom stereocenters. The van der Waals surface area contributed by atoms with E-state index in [0.717, 1.165) is 25.0 Å². The van der Waals surface area contributed by atoms with Gasteiger partial charge in [0.1, 0.15) is 11.5 Å². The minimum Gasteiger partial charge on any atom is -0.468 e. The van der Waals surface area contributed by atoms with Crippen molar-refractivity contribution in [1.29, 1.82) is 0 Å². The molecule has 0 amide bonds. The Balaban J connectivity index is 1.63. The molecule has 3 heteroatoms. The summed E-state index contributed by atoms with van der Waals surface area (Å²) in [6, 6.07) is 2.16. The lowest BCUT2D eigenvalue weighted by atomic mass is 9.69. The van der Waals surface area contributed by atoms with Gasteiger partial charge < -0.3 is 8.83 Å². The number of hydrogen-bond acceptors (Lipinski definition) is 3. The van der Waals surface area contributed by atoms with E-state index < -0.39 is 0 Å². The third kappa shape index (κ3) is 1.93. The summed E-state index contributed by atoms with van der Waals surface area (Å²) in [7, 11) is 0. The van der Waals surface area contributed by atoms with Crippen LogP contribution in [-0.4, -0.2) is 4.98 Å². The molecule has 2 heterocycles. The Labute approximate surface area is 144 Å². The van der Waals surface area contributed by atoms with Crippen LogP contribution in [0.15, 0.2) is 27.6 Å². The molecular weight excluding hydrogens is 298 g/mol. The molecule has 2 aromatic rings. The van der Waals surface area contributed by atoms with Gasteiger partial charge in [-0.25, -0.2) is 4.98 Å². The normalized spacial score (nSPS) is 36.8. The Hall–Kier alpha value is -1.51. The maximum absolute atomic E-state index is 5.94. The van der Waals surface area contributed by atoms with Crippen molar-refractivity contribution in [1.82, 2.24) is 4.98 Å². The topological polar surface area (TPSA) is 39.2 Å². The van der Waals surface area contributed by atoms with Crippen LogP contribution >= 0.6 is 0 Å². The van der Waals surface area contributed by atoms with E-state index in [1.807, 2.05) is 6.26 Å². The zero-order valence-electron chi connectivity index (χ0n) is 15.8. The molecule has 0 bridgehead atoms. The first-order valence-electron chi connectivity index (χ1n) is 9.21. The monoisotopic (exact) mass is 327 g/mol. The third-order valence-corrected chi connectivity index (χ3v) is 7.28. The number of hydrogen-bond donors (Lipinski definition) is 0. The summed E-state index contributed by atoms with van der Waals surface area (Å²) in [5.41, 5.74) is 2.98. The van der Waals surface area contributed by atoms with Crippen LogP contribution in [0.3, 0.4) is 0 Å². The maximum Gasteiger partial charge on any atom is 0.181 e. The summed E-state index contributed by atoms with van der Waals surface area (Å²) in [6.07, 6.45) is 6.88. The van der Waals surface area contributed by atoms with E-state index in [9.17, 15) is 0 Å². The molecule has 0 unspecified atom stereocenters. The van der Waals surface area contributed by atoms with Gasteiger partial charge in [-0.05, 0) is 42.2 Å². The Morgan fingerprint density at radius 2 is 1.88 bits per heavy atom. The quantitative estimate of drug-likeness (QED) is 0.726. The van der Waals surface area contributed by atoms with Crippen molar-refractivity contribution in [3.05, 3.63) is 41.5 Å². The summed E-state index contributed by atoms with van der Waals surface area (Å²) in [6.45, 7) is 14.0. The molecule has 130 valence electrons. The van der Waals surface area contributed by atoms with Crippen LogP contribution in [0.2, 0.25) is 0 Å². The lowest BCUT2D eigenvalue weighted by Crippen LogP contribution is -2.32. The molecule has 4 rings (SSSR count). The fourth-order valence-corrected chi connectivity index (χ4v) is 5.55. The number of oxazole rings is 1. The predicted molar refractivity (Wildman–Crippen MR) is 94.4 cm³/mol. The van der Waals surface area contributed by atoms with Crippen LogP contribution < -0.4 is 0 Å². The van der Waals surface area contributed by atoms with Crippen LogP contribution in [0.1, 0.15) is 89.5 Å². The highest BCUT2D eigenvalue weighted by molar-refractivity contribution is 5.39. The van der Waals surface area contributed by atoms with E-state index in [2.05, 4.69) is 52.6 Å². The molecule has 0 N–H and O–H groups in total. The zero-order chi connectivity index (χ0) is 17.3. The van der Waals surface area contributed by atoms with Crippen molar-refractivity contribution in [2.24, 2.45) is 5.92 Å². The summed E-state index contributed by atoms with van der Waals surface area (Å²) in [5, 5.41) is 0. The number of aromatic nitrogens is 1. The second-order valence-electron chi connectivity index (χ2n) is 9.34. The van der Waals surface area contributed by atoms with Gasteiger partial charge in [0.25, 0.3) is 0 Å². The van der Waals surface area contributed by atoms with Gasteiger partial charge in [-0.3, -0.25) is 0 Å². The fourth-order valence-electron chi connectivity index (χ4n) is 5.55. The minimum atomic E-state index is 0.0875. The molecule has 2 aromatic heterocycles. The molecule has 0 aromatic carbocycles. The summed E-state index contributed by atoms with van der Waals surface area (Å²) < 4.78 is 11.6. The zero-order valence-corrected chi connectivity index (χ0v) is 15.8. The van der Waals surface area contributed by atoms with Gasteiger partial charge in [0.05, 0.1) is 12.0 Å². The Kier molecular flexibility index (Phi) is 3.18. The highest BCUT2D eigenvalue weighted by atomic mass is 16.3. The van der Waals surface area contributed by atoms with Gasteiger partial charge >= 0.3 is 0 Å². The van der Waals surface area contributed by atoms with E-state index in [1.54, 1.807) is 6.39 Å². The van der Waals surface area contributed by atoms with E-state index in [4.69, 9.17) is 8.83 Å². The van der Waals surface area contributed by atoms with Gasteiger partial charge in [0.2, 0.25) is 0 Å². The van der Waals surface area contributed by atoms with Gasteiger partial charge in [-0.15, -0.1) is 0 Å². The van der Waals surface area contributed by atoms with Gasteiger partial charge in [-0.2, -0.15) is 0 Å². The van der Waals surface area contributed by atoms with E-state index in [-0.39, 0.29) is 16.2 Å². The lowest BCUT2D eigenvalue weighted by molar-refractivity contribution is 0.226. The molecule has 0 saturated carbocycles. The van der Waals surface area contributed by atoms with Gasteiger partial charge in [0.15, 0.2) is 6.39 Å². The second kappa shape index (κ2) is 4.77. The highest BCUT2D eigenvalue weighted by Crippen LogP contribution is 2.56. The van der Waals surface area contributed by atoms with Gasteiger partial charge in [0, 0.05) is 16.7 Å². The fraction of sp³-hybridized carbons (Fsp3) is 0.667. The van der Waals surface area contributed by atoms with E-state index in [0.29, 0.717) is 11.8 Å². The average molecular weight is 327 g/mol. The molecule has 0 saturated heterocycles. The Bertz CT molecular complexity index is 770. The summed E-state index contributed by atoms with van der Waals surface area (Å²) >= 11 is 0. The number of rotatable bonds is 3. The number of furan rings is 1. The third-order valence-electron chi connectivity index (χ3n) is 7.28. The molecule has 0 aliphatic heterocycles. The molecule has 0 radical (unpaired) electrons.